The van der Waals surface area contributed by atoms with Crippen LogP contribution in [0.15, 0.2) is 0 Å². The monoisotopic (exact) mass is 284 g/mol. The number of hydrogen-bond acceptors (Lipinski definition) is 4. The van der Waals surface area contributed by atoms with Gasteiger partial charge in [0.15, 0.2) is 0 Å². The van der Waals surface area contributed by atoms with Crippen LogP contribution in [0.2, 0.25) is 0 Å². The molecular formula is C14H24N2O4. The van der Waals surface area contributed by atoms with Gasteiger partial charge < -0.3 is 20.1 Å². The normalized spacial score (nSPS) is 30.9. The Labute approximate surface area is 119 Å². The van der Waals surface area contributed by atoms with Gasteiger partial charge in [-0.05, 0) is 20.3 Å². The zero-order chi connectivity index (χ0) is 15.1. The lowest BCUT2D eigenvalue weighted by atomic mass is 9.57. The van der Waals surface area contributed by atoms with E-state index in [0.717, 1.165) is 13.0 Å². The van der Waals surface area contributed by atoms with Crippen molar-refractivity contribution in [3.8, 4) is 0 Å². The van der Waals surface area contributed by atoms with E-state index in [4.69, 9.17) is 4.74 Å². The van der Waals surface area contributed by atoms with Gasteiger partial charge in [0.1, 0.15) is 5.54 Å². The molecule has 2 N–H and O–H groups in total. The van der Waals surface area contributed by atoms with Gasteiger partial charge >= 0.3 is 6.09 Å². The molecule has 3 atom stereocenters. The fourth-order valence-electron chi connectivity index (χ4n) is 3.30. The molecule has 0 aromatic rings. The lowest BCUT2D eigenvalue weighted by Crippen LogP contribution is -2.69. The second-order valence-corrected chi connectivity index (χ2v) is 6.76. The second kappa shape index (κ2) is 4.91. The maximum atomic E-state index is 12.4. The minimum Gasteiger partial charge on any atom is -0.453 e. The molecule has 1 heterocycles. The van der Waals surface area contributed by atoms with Crippen LogP contribution in [0.5, 0.6) is 0 Å². The maximum Gasteiger partial charge on any atom is 0.407 e. The second-order valence-electron chi connectivity index (χ2n) is 6.76. The Hall–Kier alpha value is -1.30. The highest BCUT2D eigenvalue weighted by molar-refractivity contribution is 5.89. The number of alkyl carbamates (subject to hydrolysis) is 1. The fourth-order valence-corrected chi connectivity index (χ4v) is 3.30. The topological polar surface area (TPSA) is 76.7 Å². The summed E-state index contributed by atoms with van der Waals surface area (Å²) in [5.41, 5.74) is -1.08. The molecule has 0 aromatic carbocycles. The number of methoxy groups -OCH3 is 1. The third kappa shape index (κ3) is 2.37. The van der Waals surface area contributed by atoms with Gasteiger partial charge in [-0.1, -0.05) is 13.8 Å². The van der Waals surface area contributed by atoms with Gasteiger partial charge in [-0.15, -0.1) is 0 Å². The third-order valence-electron chi connectivity index (χ3n) is 4.55. The third-order valence-corrected chi connectivity index (χ3v) is 4.55. The smallest absolute Gasteiger partial charge is 0.407 e. The molecule has 0 radical (unpaired) electrons. The van der Waals surface area contributed by atoms with Gasteiger partial charge in [0.05, 0.1) is 13.2 Å². The fraction of sp³-hybridized carbons (Fsp3) is 0.857. The number of hydrogen-bond donors (Lipinski definition) is 2. The predicted octanol–water partition coefficient (Wildman–Crippen LogP) is 1.05. The van der Waals surface area contributed by atoms with E-state index in [1.165, 1.54) is 7.11 Å². The van der Waals surface area contributed by atoms with Crippen LogP contribution >= 0.6 is 0 Å². The quantitative estimate of drug-likeness (QED) is 0.812. The predicted molar refractivity (Wildman–Crippen MR) is 73.2 cm³/mol. The molecule has 1 aliphatic carbocycles. The molecule has 0 spiro atoms. The van der Waals surface area contributed by atoms with E-state index >= 15 is 0 Å². The van der Waals surface area contributed by atoms with Crippen molar-refractivity contribution in [1.82, 2.24) is 10.6 Å². The number of carbonyl (C=O) groups is 2. The number of fused-ring (bicyclic) bond motifs is 1. The van der Waals surface area contributed by atoms with E-state index in [1.807, 2.05) is 0 Å². The van der Waals surface area contributed by atoms with Crippen LogP contribution in [0.4, 0.5) is 4.79 Å². The average molecular weight is 284 g/mol. The van der Waals surface area contributed by atoms with Crippen LogP contribution in [0.25, 0.3) is 0 Å². The van der Waals surface area contributed by atoms with Gasteiger partial charge in [-0.2, -0.15) is 0 Å². The minimum absolute atomic E-state index is 0.0713. The van der Waals surface area contributed by atoms with Crippen LogP contribution in [0, 0.1) is 11.3 Å². The number of rotatable bonds is 3. The lowest BCUT2D eigenvalue weighted by Gasteiger charge is -2.55. The molecule has 2 rings (SSSR count). The van der Waals surface area contributed by atoms with Gasteiger partial charge in [0, 0.05) is 24.0 Å². The summed E-state index contributed by atoms with van der Waals surface area (Å²) >= 11 is 0. The van der Waals surface area contributed by atoms with Crippen molar-refractivity contribution in [3.63, 3.8) is 0 Å². The average Bonchev–Trinajstić information content (AvgIpc) is 2.81. The van der Waals surface area contributed by atoms with Crippen molar-refractivity contribution in [1.29, 1.82) is 0 Å². The zero-order valence-corrected chi connectivity index (χ0v) is 12.8. The van der Waals surface area contributed by atoms with E-state index in [-0.39, 0.29) is 23.5 Å². The van der Waals surface area contributed by atoms with Gasteiger partial charge in [0.25, 0.3) is 0 Å². The zero-order valence-electron chi connectivity index (χ0n) is 12.8. The molecule has 2 aliphatic rings. The first-order valence-corrected chi connectivity index (χ1v) is 6.99. The molecule has 114 valence electrons. The first kappa shape index (κ1) is 15.1. The lowest BCUT2D eigenvalue weighted by molar-refractivity contribution is -0.142. The van der Waals surface area contributed by atoms with Crippen LogP contribution in [0.1, 0.15) is 34.1 Å². The number of carbonyl (C=O) groups excluding carboxylic acids is 2. The van der Waals surface area contributed by atoms with Crippen molar-refractivity contribution in [2.24, 2.45) is 11.3 Å². The van der Waals surface area contributed by atoms with Crippen molar-refractivity contribution in [2.45, 2.75) is 51.8 Å². The molecule has 0 bridgehead atoms. The van der Waals surface area contributed by atoms with E-state index in [1.54, 1.807) is 13.8 Å². The molecule has 1 saturated heterocycles. The molecule has 2 fully saturated rings. The first-order valence-electron chi connectivity index (χ1n) is 6.99. The van der Waals surface area contributed by atoms with Gasteiger partial charge in [-0.25, -0.2) is 4.79 Å². The Morgan fingerprint density at radius 3 is 2.60 bits per heavy atom. The summed E-state index contributed by atoms with van der Waals surface area (Å²) < 4.78 is 10.2. The van der Waals surface area contributed by atoms with E-state index in [9.17, 15) is 9.59 Å². The first-order chi connectivity index (χ1) is 9.20. The summed E-state index contributed by atoms with van der Waals surface area (Å²) in [6.45, 7) is 8.28. The molecular weight excluding hydrogens is 260 g/mol. The van der Waals surface area contributed by atoms with Crippen LogP contribution in [-0.4, -0.2) is 43.4 Å². The highest BCUT2D eigenvalue weighted by Gasteiger charge is 2.60. The Morgan fingerprint density at radius 2 is 2.00 bits per heavy atom. The SMILES string of the molecule is COC(=O)NC(C)(C)C(=O)N[C@@H]1[C@@H]2CCO[C@H]2C1(C)C. The van der Waals surface area contributed by atoms with E-state index in [0.29, 0.717) is 5.92 Å². The Morgan fingerprint density at radius 1 is 1.35 bits per heavy atom. The summed E-state index contributed by atoms with van der Waals surface area (Å²) in [6, 6.07) is 0.0845. The summed E-state index contributed by atoms with van der Waals surface area (Å²) in [6.07, 6.45) is 0.591. The van der Waals surface area contributed by atoms with E-state index < -0.39 is 11.6 Å². The van der Waals surface area contributed by atoms with E-state index in [2.05, 4.69) is 29.2 Å². The number of nitrogens with one attached hydrogen (secondary N) is 2. The standard InChI is InChI=1S/C14H24N2O4/c1-13(2)9(8-6-7-20-10(8)13)15-11(17)14(3,4)16-12(18)19-5/h8-10H,6-7H2,1-5H3,(H,15,17)(H,16,18)/t8-,9+,10+/m0/s1. The minimum atomic E-state index is -1.01. The van der Waals surface area contributed by atoms with Crippen molar-refractivity contribution < 1.29 is 19.1 Å². The Bertz CT molecular complexity index is 419. The molecule has 2 amide bonds. The maximum absolute atomic E-state index is 12.4. The summed E-state index contributed by atoms with van der Waals surface area (Å²) in [7, 11) is 1.28. The van der Waals surface area contributed by atoms with Gasteiger partial charge in [-0.3, -0.25) is 4.79 Å². The molecule has 1 aliphatic heterocycles. The van der Waals surface area contributed by atoms with Gasteiger partial charge in [0.2, 0.25) is 5.91 Å². The summed E-state index contributed by atoms with van der Waals surface area (Å²) in [5.74, 6) is 0.175. The molecule has 6 nitrogen and oxygen atoms in total. The van der Waals surface area contributed by atoms with Crippen molar-refractivity contribution in [2.75, 3.05) is 13.7 Å². The Kier molecular flexibility index (Phi) is 3.71. The Balaban J connectivity index is 1.99. The summed E-state index contributed by atoms with van der Waals surface area (Å²) in [5, 5.41) is 5.60. The molecule has 0 unspecified atom stereocenters. The molecule has 6 heteroatoms. The highest BCUT2D eigenvalue weighted by Crippen LogP contribution is 2.52. The van der Waals surface area contributed by atoms with Crippen molar-refractivity contribution in [3.05, 3.63) is 0 Å². The largest absolute Gasteiger partial charge is 0.453 e. The van der Waals surface area contributed by atoms with Crippen LogP contribution in [0.3, 0.4) is 0 Å². The van der Waals surface area contributed by atoms with Crippen molar-refractivity contribution >= 4 is 12.0 Å². The number of ether oxygens (including phenoxy) is 2. The summed E-state index contributed by atoms with van der Waals surface area (Å²) in [4.78, 5) is 23.7. The molecule has 0 aromatic heterocycles. The van der Waals surface area contributed by atoms with Crippen LogP contribution < -0.4 is 10.6 Å². The molecule has 20 heavy (non-hydrogen) atoms. The highest BCUT2D eigenvalue weighted by atomic mass is 16.5. The number of amides is 2. The van der Waals surface area contributed by atoms with Crippen LogP contribution in [-0.2, 0) is 14.3 Å². The molecule has 1 saturated carbocycles.